The third-order valence-electron chi connectivity index (χ3n) is 1.97. The molecular formula is C10H19N5O. The molecule has 16 heavy (non-hydrogen) atoms. The van der Waals surface area contributed by atoms with E-state index in [0.717, 1.165) is 13.0 Å². The summed E-state index contributed by atoms with van der Waals surface area (Å²) in [6.45, 7) is 4.81. The number of nitrogen functional groups attached to an aromatic ring is 1. The SMILES string of the molecule is CCCNc1cc(NC(C)CO)nc(N)n1. The lowest BCUT2D eigenvalue weighted by atomic mass is 10.3. The molecule has 1 aromatic rings. The third-order valence-corrected chi connectivity index (χ3v) is 1.97. The Morgan fingerprint density at radius 3 is 2.75 bits per heavy atom. The van der Waals surface area contributed by atoms with Crippen LogP contribution in [0.4, 0.5) is 17.6 Å². The van der Waals surface area contributed by atoms with Gasteiger partial charge < -0.3 is 21.5 Å². The van der Waals surface area contributed by atoms with E-state index in [1.165, 1.54) is 0 Å². The van der Waals surface area contributed by atoms with Gasteiger partial charge in [0.1, 0.15) is 11.6 Å². The number of hydrogen-bond acceptors (Lipinski definition) is 6. The van der Waals surface area contributed by atoms with Crippen LogP contribution in [0.1, 0.15) is 20.3 Å². The standard InChI is InChI=1S/C10H19N5O/c1-3-4-12-8-5-9(13-7(2)6-16)15-10(11)14-8/h5,7,16H,3-4,6H2,1-2H3,(H4,11,12,13,14,15). The van der Waals surface area contributed by atoms with Gasteiger partial charge in [-0.25, -0.2) is 0 Å². The average molecular weight is 225 g/mol. The van der Waals surface area contributed by atoms with Crippen molar-refractivity contribution in [3.8, 4) is 0 Å². The van der Waals surface area contributed by atoms with Crippen molar-refractivity contribution >= 4 is 17.6 Å². The summed E-state index contributed by atoms with van der Waals surface area (Å²) in [7, 11) is 0. The second-order valence-corrected chi connectivity index (χ2v) is 3.65. The highest BCUT2D eigenvalue weighted by Crippen LogP contribution is 2.13. The van der Waals surface area contributed by atoms with Gasteiger partial charge in [0.15, 0.2) is 0 Å². The second kappa shape index (κ2) is 6.12. The number of nitrogens with one attached hydrogen (secondary N) is 2. The fourth-order valence-electron chi connectivity index (χ4n) is 1.18. The summed E-state index contributed by atoms with van der Waals surface area (Å²) >= 11 is 0. The van der Waals surface area contributed by atoms with Crippen molar-refractivity contribution in [2.45, 2.75) is 26.3 Å². The first-order valence-corrected chi connectivity index (χ1v) is 5.41. The van der Waals surface area contributed by atoms with E-state index in [1.54, 1.807) is 6.07 Å². The molecule has 1 aromatic heterocycles. The Balaban J connectivity index is 2.73. The molecule has 0 aliphatic rings. The van der Waals surface area contributed by atoms with Crippen LogP contribution >= 0.6 is 0 Å². The van der Waals surface area contributed by atoms with Crippen LogP contribution in [0.3, 0.4) is 0 Å². The zero-order valence-electron chi connectivity index (χ0n) is 9.70. The van der Waals surface area contributed by atoms with Gasteiger partial charge in [0.05, 0.1) is 6.61 Å². The molecule has 90 valence electrons. The number of hydrogen-bond donors (Lipinski definition) is 4. The Hall–Kier alpha value is -1.56. The van der Waals surface area contributed by atoms with E-state index in [2.05, 4.69) is 27.5 Å². The summed E-state index contributed by atoms with van der Waals surface area (Å²) in [4.78, 5) is 8.09. The fourth-order valence-corrected chi connectivity index (χ4v) is 1.18. The highest BCUT2D eigenvalue weighted by molar-refractivity contribution is 5.51. The Kier molecular flexibility index (Phi) is 4.78. The molecule has 6 nitrogen and oxygen atoms in total. The van der Waals surface area contributed by atoms with Crippen molar-refractivity contribution in [2.24, 2.45) is 0 Å². The minimum Gasteiger partial charge on any atom is -0.394 e. The van der Waals surface area contributed by atoms with Crippen molar-refractivity contribution in [1.82, 2.24) is 9.97 Å². The average Bonchev–Trinajstić information content (AvgIpc) is 2.25. The van der Waals surface area contributed by atoms with Crippen molar-refractivity contribution in [2.75, 3.05) is 29.5 Å². The van der Waals surface area contributed by atoms with Gasteiger partial charge in [-0.05, 0) is 13.3 Å². The van der Waals surface area contributed by atoms with E-state index in [1.807, 2.05) is 6.92 Å². The molecule has 0 aliphatic carbocycles. The number of aliphatic hydroxyl groups is 1. The predicted octanol–water partition coefficient (Wildman–Crippen LogP) is 0.673. The number of nitrogens with zero attached hydrogens (tertiary/aromatic N) is 2. The Morgan fingerprint density at radius 1 is 1.44 bits per heavy atom. The van der Waals surface area contributed by atoms with E-state index < -0.39 is 0 Å². The van der Waals surface area contributed by atoms with Gasteiger partial charge in [-0.2, -0.15) is 9.97 Å². The van der Waals surface area contributed by atoms with Gasteiger partial charge in [0, 0.05) is 18.7 Å². The van der Waals surface area contributed by atoms with Crippen LogP contribution in [-0.2, 0) is 0 Å². The number of rotatable bonds is 6. The van der Waals surface area contributed by atoms with Crippen LogP contribution in [0.5, 0.6) is 0 Å². The van der Waals surface area contributed by atoms with E-state index in [9.17, 15) is 0 Å². The maximum absolute atomic E-state index is 8.92. The fraction of sp³-hybridized carbons (Fsp3) is 0.600. The molecule has 5 N–H and O–H groups in total. The quantitative estimate of drug-likeness (QED) is 0.568. The molecule has 6 heteroatoms. The van der Waals surface area contributed by atoms with Gasteiger partial charge in [-0.15, -0.1) is 0 Å². The van der Waals surface area contributed by atoms with Crippen molar-refractivity contribution in [3.05, 3.63) is 6.07 Å². The van der Waals surface area contributed by atoms with E-state index in [4.69, 9.17) is 10.8 Å². The summed E-state index contributed by atoms with van der Waals surface area (Å²) in [5.74, 6) is 1.53. The smallest absolute Gasteiger partial charge is 0.223 e. The minimum atomic E-state index is -0.0617. The summed E-state index contributed by atoms with van der Waals surface area (Å²) in [6, 6.07) is 1.71. The molecular weight excluding hydrogens is 206 g/mol. The van der Waals surface area contributed by atoms with Crippen molar-refractivity contribution in [3.63, 3.8) is 0 Å². The van der Waals surface area contributed by atoms with Crippen LogP contribution in [0.2, 0.25) is 0 Å². The van der Waals surface area contributed by atoms with Crippen LogP contribution in [-0.4, -0.2) is 34.3 Å². The minimum absolute atomic E-state index is 0.0433. The molecule has 0 radical (unpaired) electrons. The van der Waals surface area contributed by atoms with Crippen molar-refractivity contribution < 1.29 is 5.11 Å². The first-order valence-electron chi connectivity index (χ1n) is 5.41. The highest BCUT2D eigenvalue weighted by Gasteiger charge is 2.04. The topological polar surface area (TPSA) is 96.1 Å². The molecule has 1 atom stereocenters. The lowest BCUT2D eigenvalue weighted by molar-refractivity contribution is 0.281. The molecule has 1 heterocycles. The number of nitrogens with two attached hydrogens (primary N) is 1. The Morgan fingerprint density at radius 2 is 2.12 bits per heavy atom. The molecule has 0 amide bonds. The Bertz CT molecular complexity index is 331. The monoisotopic (exact) mass is 225 g/mol. The molecule has 0 aromatic carbocycles. The third kappa shape index (κ3) is 3.90. The second-order valence-electron chi connectivity index (χ2n) is 3.65. The van der Waals surface area contributed by atoms with E-state index in [-0.39, 0.29) is 18.6 Å². The van der Waals surface area contributed by atoms with Crippen LogP contribution in [0.25, 0.3) is 0 Å². The Labute approximate surface area is 95.3 Å². The van der Waals surface area contributed by atoms with Gasteiger partial charge in [0.25, 0.3) is 0 Å². The first-order chi connectivity index (χ1) is 7.65. The number of aliphatic hydroxyl groups excluding tert-OH is 1. The maximum atomic E-state index is 8.92. The van der Waals surface area contributed by atoms with E-state index in [0.29, 0.717) is 11.6 Å². The van der Waals surface area contributed by atoms with E-state index >= 15 is 0 Å². The van der Waals surface area contributed by atoms with Crippen molar-refractivity contribution in [1.29, 1.82) is 0 Å². The normalized spacial score (nSPS) is 12.2. The lowest BCUT2D eigenvalue weighted by Gasteiger charge is -2.13. The summed E-state index contributed by atoms with van der Waals surface area (Å²) in [5, 5.41) is 15.1. The van der Waals surface area contributed by atoms with Gasteiger partial charge in [-0.1, -0.05) is 6.92 Å². The van der Waals surface area contributed by atoms with Crippen LogP contribution in [0, 0.1) is 0 Å². The molecule has 0 spiro atoms. The van der Waals surface area contributed by atoms with Gasteiger partial charge in [0.2, 0.25) is 5.95 Å². The summed E-state index contributed by atoms with van der Waals surface area (Å²) in [6.07, 6.45) is 1.01. The van der Waals surface area contributed by atoms with Crippen LogP contribution in [0.15, 0.2) is 6.07 Å². The lowest BCUT2D eigenvalue weighted by Crippen LogP contribution is -2.20. The first kappa shape index (κ1) is 12.5. The molecule has 1 rings (SSSR count). The number of anilines is 3. The number of aromatic nitrogens is 2. The van der Waals surface area contributed by atoms with Crippen LogP contribution < -0.4 is 16.4 Å². The van der Waals surface area contributed by atoms with Gasteiger partial charge >= 0.3 is 0 Å². The molecule has 0 saturated carbocycles. The summed E-state index contributed by atoms with van der Waals surface area (Å²) in [5.41, 5.74) is 5.58. The zero-order valence-corrected chi connectivity index (χ0v) is 9.70. The zero-order chi connectivity index (χ0) is 12.0. The predicted molar refractivity (Wildman–Crippen MR) is 65.4 cm³/mol. The molecule has 0 fully saturated rings. The molecule has 0 bridgehead atoms. The highest BCUT2D eigenvalue weighted by atomic mass is 16.3. The molecule has 0 saturated heterocycles. The molecule has 0 aliphatic heterocycles. The summed E-state index contributed by atoms with van der Waals surface area (Å²) < 4.78 is 0. The maximum Gasteiger partial charge on any atom is 0.223 e. The van der Waals surface area contributed by atoms with Gasteiger partial charge in [-0.3, -0.25) is 0 Å². The largest absolute Gasteiger partial charge is 0.394 e. The molecule has 1 unspecified atom stereocenters.